The Hall–Kier alpha value is -2.09. The summed E-state index contributed by atoms with van der Waals surface area (Å²) in [5, 5.41) is 2.65. The molecule has 0 unspecified atom stereocenters. The van der Waals surface area contributed by atoms with E-state index in [1.807, 2.05) is 54.6 Å². The molecule has 0 radical (unpaired) electrons. The molecule has 0 aromatic heterocycles. The van der Waals surface area contributed by atoms with Crippen LogP contribution < -0.4 is 5.32 Å². The lowest BCUT2D eigenvalue weighted by Crippen LogP contribution is -2.45. The van der Waals surface area contributed by atoms with Gasteiger partial charge in [0.15, 0.2) is 0 Å². The molecule has 1 amide bonds. The Kier molecular flexibility index (Phi) is 7.65. The Balaban J connectivity index is 2.09. The minimum atomic E-state index is -0.834. The average molecular weight is 481 g/mol. The molecule has 0 saturated heterocycles. The van der Waals surface area contributed by atoms with Gasteiger partial charge in [0.2, 0.25) is 0 Å². The normalized spacial score (nSPS) is 12.1. The highest BCUT2D eigenvalue weighted by Crippen LogP contribution is 2.15. The van der Waals surface area contributed by atoms with E-state index in [-0.39, 0.29) is 6.61 Å². The van der Waals surface area contributed by atoms with Gasteiger partial charge < -0.3 is 14.8 Å². The van der Waals surface area contributed by atoms with Gasteiger partial charge in [-0.3, -0.25) is 0 Å². The Labute approximate surface area is 173 Å². The minimum absolute atomic E-state index is 0.151. The van der Waals surface area contributed by atoms with E-state index in [9.17, 15) is 9.59 Å². The topological polar surface area (TPSA) is 64.6 Å². The van der Waals surface area contributed by atoms with Gasteiger partial charge >= 0.3 is 12.1 Å². The van der Waals surface area contributed by atoms with E-state index >= 15 is 0 Å². The summed E-state index contributed by atoms with van der Waals surface area (Å²) in [5.41, 5.74) is 1.19. The van der Waals surface area contributed by atoms with Crippen molar-refractivity contribution in [2.75, 3.05) is 0 Å². The van der Waals surface area contributed by atoms with Crippen molar-refractivity contribution in [2.24, 2.45) is 0 Å². The molecule has 2 rings (SSSR count). The molecule has 0 bridgehead atoms. The van der Waals surface area contributed by atoms with Gasteiger partial charge in [-0.25, -0.2) is 9.59 Å². The summed E-state index contributed by atoms with van der Waals surface area (Å²) in [5.74, 6) is -0.496. The maximum atomic E-state index is 12.6. The second kappa shape index (κ2) is 9.73. The quantitative estimate of drug-likeness (QED) is 0.489. The first-order valence-corrected chi connectivity index (χ1v) is 9.76. The standard InChI is InChI=1S/C21H24INO4/c1-21(2,3)27-20(25)23-18(13-16-11-7-8-12-17(16)22)19(24)26-14-15-9-5-4-6-10-15/h4-12,18H,13-14H2,1-3H3,(H,23,25)/t18-/m0/s1. The van der Waals surface area contributed by atoms with Gasteiger partial charge in [0.1, 0.15) is 18.2 Å². The van der Waals surface area contributed by atoms with E-state index in [1.54, 1.807) is 20.8 Å². The molecule has 27 heavy (non-hydrogen) atoms. The zero-order valence-electron chi connectivity index (χ0n) is 15.7. The number of rotatable bonds is 6. The second-order valence-electron chi connectivity index (χ2n) is 7.09. The first kappa shape index (κ1) is 21.2. The van der Waals surface area contributed by atoms with Gasteiger partial charge in [-0.05, 0) is 60.6 Å². The number of carbonyl (C=O) groups excluding carboxylic acids is 2. The van der Waals surface area contributed by atoms with Crippen molar-refractivity contribution in [1.82, 2.24) is 5.32 Å². The zero-order chi connectivity index (χ0) is 19.9. The number of esters is 1. The fraction of sp³-hybridized carbons (Fsp3) is 0.333. The van der Waals surface area contributed by atoms with Crippen LogP contribution in [0, 0.1) is 3.57 Å². The number of ether oxygens (including phenoxy) is 2. The number of nitrogens with one attached hydrogen (secondary N) is 1. The SMILES string of the molecule is CC(C)(C)OC(=O)N[C@@H](Cc1ccccc1I)C(=O)OCc1ccccc1. The van der Waals surface area contributed by atoms with Gasteiger partial charge in [0.25, 0.3) is 0 Å². The molecule has 2 aromatic rings. The molecule has 0 aliphatic carbocycles. The van der Waals surface area contributed by atoms with E-state index in [1.165, 1.54) is 0 Å². The predicted molar refractivity (Wildman–Crippen MR) is 112 cm³/mol. The molecule has 1 atom stereocenters. The molecule has 144 valence electrons. The van der Waals surface area contributed by atoms with Crippen LogP contribution in [0.4, 0.5) is 4.79 Å². The van der Waals surface area contributed by atoms with E-state index in [2.05, 4.69) is 27.9 Å². The lowest BCUT2D eigenvalue weighted by atomic mass is 10.1. The summed E-state index contributed by atoms with van der Waals surface area (Å²) in [6.07, 6.45) is -0.318. The summed E-state index contributed by atoms with van der Waals surface area (Å²) in [7, 11) is 0. The van der Waals surface area contributed by atoms with Crippen LogP contribution in [-0.2, 0) is 27.3 Å². The average Bonchev–Trinajstić information content (AvgIpc) is 2.60. The summed E-state index contributed by atoms with van der Waals surface area (Å²) in [4.78, 5) is 24.8. The van der Waals surface area contributed by atoms with Crippen LogP contribution >= 0.6 is 22.6 Å². The fourth-order valence-electron chi connectivity index (χ4n) is 2.36. The number of benzene rings is 2. The molecule has 6 heteroatoms. The Morgan fingerprint density at radius 2 is 1.67 bits per heavy atom. The van der Waals surface area contributed by atoms with Crippen LogP contribution in [0.1, 0.15) is 31.9 Å². The molecular formula is C21H24INO4. The largest absolute Gasteiger partial charge is 0.459 e. The predicted octanol–water partition coefficient (Wildman–Crippen LogP) is 4.47. The number of halogens is 1. The number of amides is 1. The zero-order valence-corrected chi connectivity index (χ0v) is 17.9. The van der Waals surface area contributed by atoms with Crippen molar-refractivity contribution in [3.05, 3.63) is 69.3 Å². The Morgan fingerprint density at radius 1 is 1.04 bits per heavy atom. The molecule has 0 aliphatic heterocycles. The first-order chi connectivity index (χ1) is 12.7. The summed E-state index contributed by atoms with van der Waals surface area (Å²) >= 11 is 2.21. The van der Waals surface area contributed by atoms with Crippen molar-refractivity contribution in [3.8, 4) is 0 Å². The number of hydrogen-bond acceptors (Lipinski definition) is 4. The van der Waals surface area contributed by atoms with Gasteiger partial charge in [-0.2, -0.15) is 0 Å². The van der Waals surface area contributed by atoms with Gasteiger partial charge in [0.05, 0.1) is 0 Å². The first-order valence-electron chi connectivity index (χ1n) is 8.68. The number of alkyl carbamates (subject to hydrolysis) is 1. The van der Waals surface area contributed by atoms with Crippen LogP contribution in [-0.4, -0.2) is 23.7 Å². The highest BCUT2D eigenvalue weighted by atomic mass is 127. The van der Waals surface area contributed by atoms with E-state index < -0.39 is 23.7 Å². The number of hydrogen-bond donors (Lipinski definition) is 1. The van der Waals surface area contributed by atoms with Crippen LogP contribution in [0.15, 0.2) is 54.6 Å². The third kappa shape index (κ3) is 7.58. The Morgan fingerprint density at radius 3 is 2.30 bits per heavy atom. The van der Waals surface area contributed by atoms with Gasteiger partial charge in [-0.15, -0.1) is 0 Å². The summed E-state index contributed by atoms with van der Waals surface area (Å²) < 4.78 is 11.7. The molecule has 0 saturated carbocycles. The highest BCUT2D eigenvalue weighted by molar-refractivity contribution is 14.1. The van der Waals surface area contributed by atoms with Crippen LogP contribution in [0.2, 0.25) is 0 Å². The summed E-state index contributed by atoms with van der Waals surface area (Å²) in [6.45, 7) is 5.47. The molecule has 0 aliphatic rings. The Bertz CT molecular complexity index is 771. The molecule has 0 fully saturated rings. The molecule has 2 aromatic carbocycles. The van der Waals surface area contributed by atoms with Crippen LogP contribution in [0.3, 0.4) is 0 Å². The molecule has 5 nitrogen and oxygen atoms in total. The smallest absolute Gasteiger partial charge is 0.408 e. The van der Waals surface area contributed by atoms with Gasteiger partial charge in [-0.1, -0.05) is 48.5 Å². The second-order valence-corrected chi connectivity index (χ2v) is 8.25. The third-order valence-electron chi connectivity index (χ3n) is 3.58. The minimum Gasteiger partial charge on any atom is -0.459 e. The molecular weight excluding hydrogens is 457 g/mol. The lowest BCUT2D eigenvalue weighted by molar-refractivity contribution is -0.147. The molecule has 1 N–H and O–H groups in total. The maximum Gasteiger partial charge on any atom is 0.408 e. The van der Waals surface area contributed by atoms with Crippen LogP contribution in [0.25, 0.3) is 0 Å². The van der Waals surface area contributed by atoms with E-state index in [0.717, 1.165) is 14.7 Å². The van der Waals surface area contributed by atoms with Crippen molar-refractivity contribution in [1.29, 1.82) is 0 Å². The third-order valence-corrected chi connectivity index (χ3v) is 4.63. The highest BCUT2D eigenvalue weighted by Gasteiger charge is 2.26. The van der Waals surface area contributed by atoms with Crippen molar-refractivity contribution < 1.29 is 19.1 Å². The summed E-state index contributed by atoms with van der Waals surface area (Å²) in [6, 6.07) is 16.3. The fourth-order valence-corrected chi connectivity index (χ4v) is 2.96. The van der Waals surface area contributed by atoms with Crippen molar-refractivity contribution in [3.63, 3.8) is 0 Å². The number of carbonyl (C=O) groups is 2. The van der Waals surface area contributed by atoms with E-state index in [0.29, 0.717) is 6.42 Å². The van der Waals surface area contributed by atoms with Gasteiger partial charge in [0, 0.05) is 9.99 Å². The lowest BCUT2D eigenvalue weighted by Gasteiger charge is -2.23. The monoisotopic (exact) mass is 481 g/mol. The van der Waals surface area contributed by atoms with Crippen LogP contribution in [0.5, 0.6) is 0 Å². The van der Waals surface area contributed by atoms with Crippen molar-refractivity contribution in [2.45, 2.75) is 45.4 Å². The van der Waals surface area contributed by atoms with E-state index in [4.69, 9.17) is 9.47 Å². The van der Waals surface area contributed by atoms with Crippen molar-refractivity contribution >= 4 is 34.7 Å². The molecule has 0 spiro atoms. The maximum absolute atomic E-state index is 12.6. The molecule has 0 heterocycles.